The number of para-hydroxylation sites is 3. The smallest absolute Gasteiger partial charge is 0.0619 e. The summed E-state index contributed by atoms with van der Waals surface area (Å²) in [5, 5.41) is 10.1. The first-order valence-electron chi connectivity index (χ1n) is 14.5. The lowest BCUT2D eigenvalue weighted by molar-refractivity contribution is 1.06. The largest absolute Gasteiger partial charge is 0.326 e. The van der Waals surface area contributed by atoms with Gasteiger partial charge in [0.05, 0.1) is 22.1 Å². The molecule has 2 N–H and O–H groups in total. The molecule has 9 rings (SSSR count). The van der Waals surface area contributed by atoms with E-state index >= 15 is 0 Å². The van der Waals surface area contributed by atoms with Crippen LogP contribution in [0.1, 0.15) is 5.56 Å². The normalized spacial score (nSPS) is 12.0. The Morgan fingerprint density at radius 2 is 1.00 bits per heavy atom. The summed E-state index contributed by atoms with van der Waals surface area (Å²) < 4.78 is 4.80. The average molecular weight is 538 g/mol. The van der Waals surface area contributed by atoms with Crippen molar-refractivity contribution in [2.45, 2.75) is 6.54 Å². The number of rotatable bonds is 3. The Labute approximate surface area is 242 Å². The summed E-state index contributed by atoms with van der Waals surface area (Å²) in [6, 6.07) is 50.6. The van der Waals surface area contributed by atoms with Crippen LogP contribution >= 0.6 is 0 Å². The standard InChI is InChI=1S/C39H27N3/c40-24-25-9-8-12-27(23-25)42-35-15-6-4-13-30(35)33-19-17-29-28-21-22-37-38(31(28)18-20-32(29)39(33)42)34-14-5-7-16-36(34)41(37)26-10-2-1-3-11-26/h1-23H,24,40H2. The van der Waals surface area contributed by atoms with Gasteiger partial charge in [0.2, 0.25) is 0 Å². The molecule has 0 aliphatic heterocycles. The quantitative estimate of drug-likeness (QED) is 0.224. The maximum atomic E-state index is 6.06. The summed E-state index contributed by atoms with van der Waals surface area (Å²) in [6.07, 6.45) is 0. The minimum Gasteiger partial charge on any atom is -0.326 e. The fraction of sp³-hybridized carbons (Fsp3) is 0.0256. The molecule has 0 aliphatic rings. The minimum atomic E-state index is 0.517. The summed E-state index contributed by atoms with van der Waals surface area (Å²) in [5.74, 6) is 0. The molecule has 0 radical (unpaired) electrons. The van der Waals surface area contributed by atoms with Crippen molar-refractivity contribution in [3.05, 3.63) is 145 Å². The van der Waals surface area contributed by atoms with E-state index in [-0.39, 0.29) is 0 Å². The van der Waals surface area contributed by atoms with Gasteiger partial charge in [-0.3, -0.25) is 0 Å². The number of nitrogens with two attached hydrogens (primary N) is 1. The molecule has 3 heteroatoms. The van der Waals surface area contributed by atoms with Crippen molar-refractivity contribution in [1.29, 1.82) is 0 Å². The van der Waals surface area contributed by atoms with Crippen molar-refractivity contribution < 1.29 is 0 Å². The van der Waals surface area contributed by atoms with Crippen molar-refractivity contribution in [3.63, 3.8) is 0 Å². The highest BCUT2D eigenvalue weighted by Crippen LogP contribution is 2.42. The van der Waals surface area contributed by atoms with Crippen LogP contribution in [0.25, 0.3) is 76.5 Å². The van der Waals surface area contributed by atoms with E-state index in [0.29, 0.717) is 6.54 Å². The van der Waals surface area contributed by atoms with Gasteiger partial charge in [0, 0.05) is 44.9 Å². The van der Waals surface area contributed by atoms with Crippen LogP contribution in [0.3, 0.4) is 0 Å². The van der Waals surface area contributed by atoms with E-state index in [0.717, 1.165) is 11.3 Å². The van der Waals surface area contributed by atoms with Gasteiger partial charge < -0.3 is 14.9 Å². The Morgan fingerprint density at radius 3 is 1.81 bits per heavy atom. The molecular formula is C39H27N3. The second-order valence-corrected chi connectivity index (χ2v) is 11.1. The Morgan fingerprint density at radius 1 is 0.405 bits per heavy atom. The molecule has 0 saturated heterocycles. The monoisotopic (exact) mass is 537 g/mol. The summed E-state index contributed by atoms with van der Waals surface area (Å²) in [5.41, 5.74) is 14.4. The van der Waals surface area contributed by atoms with E-state index in [4.69, 9.17) is 5.73 Å². The molecule has 2 heterocycles. The predicted octanol–water partition coefficient (Wildman–Crippen LogP) is 9.65. The topological polar surface area (TPSA) is 35.9 Å². The van der Waals surface area contributed by atoms with Crippen LogP contribution in [0, 0.1) is 0 Å². The fourth-order valence-electron chi connectivity index (χ4n) is 7.09. The van der Waals surface area contributed by atoms with Gasteiger partial charge in [-0.15, -0.1) is 0 Å². The molecule has 0 bridgehead atoms. The second-order valence-electron chi connectivity index (χ2n) is 11.1. The molecule has 0 unspecified atom stereocenters. The molecule has 0 aliphatic carbocycles. The zero-order valence-corrected chi connectivity index (χ0v) is 23.0. The Hall–Kier alpha value is -5.38. The number of nitrogens with zero attached hydrogens (tertiary/aromatic N) is 2. The van der Waals surface area contributed by atoms with Crippen LogP contribution in [0.15, 0.2) is 140 Å². The highest BCUT2D eigenvalue weighted by atomic mass is 15.0. The second kappa shape index (κ2) is 8.81. The molecule has 0 fully saturated rings. The third-order valence-electron chi connectivity index (χ3n) is 8.88. The Bertz CT molecular complexity index is 2500. The molecule has 0 atom stereocenters. The molecule has 9 aromatic rings. The lowest BCUT2D eigenvalue weighted by Crippen LogP contribution is -1.99. The number of fused-ring (bicyclic) bond motifs is 11. The van der Waals surface area contributed by atoms with Crippen LogP contribution in [-0.2, 0) is 6.54 Å². The molecule has 7 aromatic carbocycles. The zero-order chi connectivity index (χ0) is 27.8. The lowest BCUT2D eigenvalue weighted by atomic mass is 9.96. The van der Waals surface area contributed by atoms with Gasteiger partial charge in [-0.2, -0.15) is 0 Å². The van der Waals surface area contributed by atoms with Crippen LogP contribution in [0.4, 0.5) is 0 Å². The van der Waals surface area contributed by atoms with Gasteiger partial charge in [0.25, 0.3) is 0 Å². The Kier molecular flexibility index (Phi) is 4.89. The molecule has 0 amide bonds. The molecule has 0 saturated carbocycles. The number of benzene rings is 7. The number of hydrogen-bond donors (Lipinski definition) is 1. The molecule has 42 heavy (non-hydrogen) atoms. The van der Waals surface area contributed by atoms with Crippen LogP contribution in [0.5, 0.6) is 0 Å². The minimum absolute atomic E-state index is 0.517. The lowest BCUT2D eigenvalue weighted by Gasteiger charge is -2.13. The van der Waals surface area contributed by atoms with Gasteiger partial charge >= 0.3 is 0 Å². The first kappa shape index (κ1) is 23.3. The number of hydrogen-bond acceptors (Lipinski definition) is 1. The van der Waals surface area contributed by atoms with Crippen molar-refractivity contribution in [2.24, 2.45) is 5.73 Å². The van der Waals surface area contributed by atoms with Crippen LogP contribution in [0.2, 0.25) is 0 Å². The predicted molar refractivity (Wildman–Crippen MR) is 178 cm³/mol. The van der Waals surface area contributed by atoms with Gasteiger partial charge in [0.1, 0.15) is 0 Å². The van der Waals surface area contributed by atoms with Gasteiger partial charge in [-0.25, -0.2) is 0 Å². The van der Waals surface area contributed by atoms with Crippen molar-refractivity contribution in [1.82, 2.24) is 9.13 Å². The summed E-state index contributed by atoms with van der Waals surface area (Å²) in [4.78, 5) is 0. The van der Waals surface area contributed by atoms with Gasteiger partial charge in [-0.1, -0.05) is 97.1 Å². The Balaban J connectivity index is 1.43. The molecule has 0 spiro atoms. The number of aromatic nitrogens is 2. The molecule has 2 aromatic heterocycles. The average Bonchev–Trinajstić information content (AvgIpc) is 3.58. The third-order valence-corrected chi connectivity index (χ3v) is 8.88. The van der Waals surface area contributed by atoms with Crippen molar-refractivity contribution in [3.8, 4) is 11.4 Å². The fourth-order valence-corrected chi connectivity index (χ4v) is 7.09. The maximum absolute atomic E-state index is 6.06. The highest BCUT2D eigenvalue weighted by Gasteiger charge is 2.19. The van der Waals surface area contributed by atoms with E-state index in [9.17, 15) is 0 Å². The summed E-state index contributed by atoms with van der Waals surface area (Å²) in [6.45, 7) is 0.517. The van der Waals surface area contributed by atoms with E-state index < -0.39 is 0 Å². The van der Waals surface area contributed by atoms with E-state index in [1.54, 1.807) is 0 Å². The van der Waals surface area contributed by atoms with Crippen molar-refractivity contribution >= 4 is 65.2 Å². The maximum Gasteiger partial charge on any atom is 0.0619 e. The highest BCUT2D eigenvalue weighted by molar-refractivity contribution is 6.29. The van der Waals surface area contributed by atoms with Gasteiger partial charge in [-0.05, 0) is 64.2 Å². The first-order valence-corrected chi connectivity index (χ1v) is 14.5. The zero-order valence-electron chi connectivity index (χ0n) is 23.0. The first-order chi connectivity index (χ1) is 20.8. The molecular weight excluding hydrogens is 510 g/mol. The molecule has 3 nitrogen and oxygen atoms in total. The molecule has 198 valence electrons. The van der Waals surface area contributed by atoms with Crippen molar-refractivity contribution in [2.75, 3.05) is 0 Å². The SMILES string of the molecule is NCc1cccc(-n2c3ccccc3c3ccc4c5ccc6c(c5ccc4c32)c2ccccc2n6-c2ccccc2)c1. The van der Waals surface area contributed by atoms with Gasteiger partial charge in [0.15, 0.2) is 0 Å². The van der Waals surface area contributed by atoms with Crippen LogP contribution in [-0.4, -0.2) is 9.13 Å². The summed E-state index contributed by atoms with van der Waals surface area (Å²) >= 11 is 0. The van der Waals surface area contributed by atoms with Crippen LogP contribution < -0.4 is 5.73 Å². The third kappa shape index (κ3) is 3.14. The van der Waals surface area contributed by atoms with E-state index in [1.165, 1.54) is 70.8 Å². The van der Waals surface area contributed by atoms with E-state index in [2.05, 4.69) is 149 Å². The summed E-state index contributed by atoms with van der Waals surface area (Å²) in [7, 11) is 0. The van der Waals surface area contributed by atoms with E-state index in [1.807, 2.05) is 0 Å².